The van der Waals surface area contributed by atoms with Gasteiger partial charge in [0.15, 0.2) is 0 Å². The molecule has 5 aromatic rings. The second kappa shape index (κ2) is 9.53. The molecular weight excluding hydrogens is 454 g/mol. The SMILES string of the molecule is Clc1cccc2[nH]c(-c3cccc(-c4ccc(CN5CCN(c6ccncc6)CC5)cc4)c3)nc12. The number of rotatable bonds is 5. The van der Waals surface area contributed by atoms with Gasteiger partial charge in [-0.15, -0.1) is 0 Å². The van der Waals surface area contributed by atoms with Crippen LogP contribution in [-0.4, -0.2) is 46.0 Å². The first-order valence-electron chi connectivity index (χ1n) is 11.9. The van der Waals surface area contributed by atoms with E-state index in [0.717, 1.165) is 55.1 Å². The highest BCUT2D eigenvalue weighted by Crippen LogP contribution is 2.29. The van der Waals surface area contributed by atoms with Crippen molar-refractivity contribution in [3.63, 3.8) is 0 Å². The van der Waals surface area contributed by atoms with Crippen LogP contribution >= 0.6 is 11.6 Å². The lowest BCUT2D eigenvalue weighted by molar-refractivity contribution is 0.250. The third kappa shape index (κ3) is 4.65. The number of hydrogen-bond acceptors (Lipinski definition) is 4. The minimum Gasteiger partial charge on any atom is -0.369 e. The zero-order valence-corrected chi connectivity index (χ0v) is 20.1. The molecule has 0 amide bonds. The number of pyridine rings is 1. The van der Waals surface area contributed by atoms with Gasteiger partial charge in [-0.05, 0) is 47.0 Å². The van der Waals surface area contributed by atoms with Gasteiger partial charge in [-0.1, -0.05) is 60.1 Å². The van der Waals surface area contributed by atoms with Crippen LogP contribution in [0.15, 0.2) is 91.3 Å². The number of nitrogens with one attached hydrogen (secondary N) is 1. The Hall–Kier alpha value is -3.67. The second-order valence-corrected chi connectivity index (χ2v) is 9.37. The Morgan fingerprint density at radius 3 is 2.29 bits per heavy atom. The van der Waals surface area contributed by atoms with Gasteiger partial charge >= 0.3 is 0 Å². The molecule has 1 fully saturated rings. The predicted octanol–water partition coefficient (Wildman–Crippen LogP) is 6.27. The third-order valence-electron chi connectivity index (χ3n) is 6.69. The molecular formula is C29H26ClN5. The minimum atomic E-state index is 0.663. The van der Waals surface area contributed by atoms with Crippen LogP contribution in [0.3, 0.4) is 0 Å². The summed E-state index contributed by atoms with van der Waals surface area (Å²) < 4.78 is 0. The smallest absolute Gasteiger partial charge is 0.138 e. The maximum absolute atomic E-state index is 6.31. The molecule has 35 heavy (non-hydrogen) atoms. The summed E-state index contributed by atoms with van der Waals surface area (Å²) in [6, 6.07) is 27.4. The van der Waals surface area contributed by atoms with Crippen LogP contribution in [0, 0.1) is 0 Å². The summed E-state index contributed by atoms with van der Waals surface area (Å²) in [5, 5.41) is 0.663. The Morgan fingerprint density at radius 1 is 0.771 bits per heavy atom. The molecule has 3 heterocycles. The van der Waals surface area contributed by atoms with Gasteiger partial charge in [-0.25, -0.2) is 4.98 Å². The summed E-state index contributed by atoms with van der Waals surface area (Å²) >= 11 is 6.31. The highest BCUT2D eigenvalue weighted by molar-refractivity contribution is 6.35. The lowest BCUT2D eigenvalue weighted by Crippen LogP contribution is -2.45. The molecule has 0 saturated carbocycles. The van der Waals surface area contributed by atoms with Crippen molar-refractivity contribution in [3.8, 4) is 22.5 Å². The fourth-order valence-electron chi connectivity index (χ4n) is 4.76. The molecule has 0 bridgehead atoms. The van der Waals surface area contributed by atoms with Crippen molar-refractivity contribution in [2.45, 2.75) is 6.54 Å². The number of piperazine rings is 1. The molecule has 0 spiro atoms. The average molecular weight is 480 g/mol. The Morgan fingerprint density at radius 2 is 1.51 bits per heavy atom. The van der Waals surface area contributed by atoms with Gasteiger partial charge < -0.3 is 9.88 Å². The highest BCUT2D eigenvalue weighted by Gasteiger charge is 2.17. The molecule has 6 rings (SSSR count). The first-order valence-corrected chi connectivity index (χ1v) is 12.3. The Labute approximate surface area is 210 Å². The molecule has 6 heteroatoms. The van der Waals surface area contributed by atoms with Gasteiger partial charge in [0.2, 0.25) is 0 Å². The fraction of sp³-hybridized carbons (Fsp3) is 0.172. The van der Waals surface area contributed by atoms with Gasteiger partial charge in [0.25, 0.3) is 0 Å². The molecule has 0 aliphatic carbocycles. The number of halogens is 1. The van der Waals surface area contributed by atoms with E-state index in [1.54, 1.807) is 0 Å². The largest absolute Gasteiger partial charge is 0.369 e. The van der Waals surface area contributed by atoms with E-state index >= 15 is 0 Å². The highest BCUT2D eigenvalue weighted by atomic mass is 35.5. The van der Waals surface area contributed by atoms with Crippen molar-refractivity contribution in [1.29, 1.82) is 0 Å². The van der Waals surface area contributed by atoms with Crippen molar-refractivity contribution in [1.82, 2.24) is 19.9 Å². The second-order valence-electron chi connectivity index (χ2n) is 8.97. The summed E-state index contributed by atoms with van der Waals surface area (Å²) in [6.45, 7) is 5.19. The number of H-pyrrole nitrogens is 1. The molecule has 0 atom stereocenters. The van der Waals surface area contributed by atoms with Crippen LogP contribution < -0.4 is 4.90 Å². The Balaban J connectivity index is 1.13. The molecule has 174 valence electrons. The van der Waals surface area contributed by atoms with Crippen LogP contribution in [-0.2, 0) is 6.54 Å². The average Bonchev–Trinajstić information content (AvgIpc) is 3.36. The Kier molecular flexibility index (Phi) is 5.94. The van der Waals surface area contributed by atoms with Crippen LogP contribution in [0.2, 0.25) is 5.02 Å². The number of nitrogens with zero attached hydrogens (tertiary/aromatic N) is 4. The van der Waals surface area contributed by atoms with Crippen molar-refractivity contribution in [3.05, 3.63) is 102 Å². The molecule has 1 N–H and O–H groups in total. The Bertz CT molecular complexity index is 1440. The number of benzene rings is 3. The van der Waals surface area contributed by atoms with Gasteiger partial charge in [0.05, 0.1) is 10.5 Å². The van der Waals surface area contributed by atoms with E-state index in [2.05, 4.69) is 80.4 Å². The van der Waals surface area contributed by atoms with Gasteiger partial charge in [0.1, 0.15) is 11.3 Å². The van der Waals surface area contributed by atoms with Crippen molar-refractivity contribution < 1.29 is 0 Å². The molecule has 1 saturated heterocycles. The van der Waals surface area contributed by atoms with E-state index in [-0.39, 0.29) is 0 Å². The van der Waals surface area contributed by atoms with E-state index in [0.29, 0.717) is 5.02 Å². The first-order chi connectivity index (χ1) is 17.2. The molecule has 1 aliphatic rings. The molecule has 0 radical (unpaired) electrons. The van der Waals surface area contributed by atoms with Crippen LogP contribution in [0.4, 0.5) is 5.69 Å². The molecule has 3 aromatic carbocycles. The fourth-order valence-corrected chi connectivity index (χ4v) is 4.98. The summed E-state index contributed by atoms with van der Waals surface area (Å²) in [4.78, 5) is 17.2. The van der Waals surface area contributed by atoms with Crippen LogP contribution in [0.25, 0.3) is 33.5 Å². The lowest BCUT2D eigenvalue weighted by Gasteiger charge is -2.36. The summed E-state index contributed by atoms with van der Waals surface area (Å²) in [5.41, 5.74) is 7.78. The van der Waals surface area contributed by atoms with Gasteiger partial charge in [-0.2, -0.15) is 0 Å². The first kappa shape index (κ1) is 21.8. The normalized spacial score (nSPS) is 14.5. The number of imidazole rings is 1. The number of aromatic amines is 1. The lowest BCUT2D eigenvalue weighted by atomic mass is 10.0. The number of hydrogen-bond donors (Lipinski definition) is 1. The standard InChI is InChI=1S/C29H26ClN5/c30-26-5-2-6-27-28(26)33-29(32-27)24-4-1-3-23(19-24)22-9-7-21(8-10-22)20-34-15-17-35(18-16-34)25-11-13-31-14-12-25/h1-14,19H,15-18,20H2,(H,32,33). The van der Waals surface area contributed by atoms with Crippen molar-refractivity contribution in [2.24, 2.45) is 0 Å². The number of anilines is 1. The van der Waals surface area contributed by atoms with Crippen LogP contribution in [0.1, 0.15) is 5.56 Å². The number of aromatic nitrogens is 3. The molecule has 2 aromatic heterocycles. The van der Waals surface area contributed by atoms with Crippen LogP contribution in [0.5, 0.6) is 0 Å². The maximum Gasteiger partial charge on any atom is 0.138 e. The molecule has 5 nitrogen and oxygen atoms in total. The zero-order chi connectivity index (χ0) is 23.6. The van der Waals surface area contributed by atoms with Crippen molar-refractivity contribution in [2.75, 3.05) is 31.1 Å². The summed E-state index contributed by atoms with van der Waals surface area (Å²) in [5.74, 6) is 0.831. The van der Waals surface area contributed by atoms with E-state index < -0.39 is 0 Å². The predicted molar refractivity (Wildman–Crippen MR) is 144 cm³/mol. The quantitative estimate of drug-likeness (QED) is 0.323. The van der Waals surface area contributed by atoms with E-state index in [1.165, 1.54) is 22.4 Å². The summed E-state index contributed by atoms with van der Waals surface area (Å²) in [7, 11) is 0. The zero-order valence-electron chi connectivity index (χ0n) is 19.4. The number of para-hydroxylation sites is 1. The topological polar surface area (TPSA) is 48.1 Å². The van der Waals surface area contributed by atoms with E-state index in [1.807, 2.05) is 30.6 Å². The number of fused-ring (bicyclic) bond motifs is 1. The van der Waals surface area contributed by atoms with E-state index in [4.69, 9.17) is 16.6 Å². The monoisotopic (exact) mass is 479 g/mol. The third-order valence-corrected chi connectivity index (χ3v) is 7.00. The van der Waals surface area contributed by atoms with E-state index in [9.17, 15) is 0 Å². The summed E-state index contributed by atoms with van der Waals surface area (Å²) in [6.07, 6.45) is 3.73. The maximum atomic E-state index is 6.31. The van der Waals surface area contributed by atoms with Gasteiger partial charge in [0, 0.05) is 56.4 Å². The minimum absolute atomic E-state index is 0.663. The molecule has 0 unspecified atom stereocenters. The molecule has 1 aliphatic heterocycles. The van der Waals surface area contributed by atoms with Crippen molar-refractivity contribution >= 4 is 28.3 Å². The van der Waals surface area contributed by atoms with Gasteiger partial charge in [-0.3, -0.25) is 9.88 Å².